The largest absolute Gasteiger partial charge is 0.469 e. The third-order valence-corrected chi connectivity index (χ3v) is 2.59. The number of amides is 1. The second-order valence-corrected chi connectivity index (χ2v) is 4.22. The van der Waals surface area contributed by atoms with Crippen molar-refractivity contribution in [1.29, 1.82) is 0 Å². The van der Waals surface area contributed by atoms with Gasteiger partial charge in [-0.2, -0.15) is 0 Å². The van der Waals surface area contributed by atoms with Crippen molar-refractivity contribution in [1.82, 2.24) is 5.32 Å². The summed E-state index contributed by atoms with van der Waals surface area (Å²) in [5, 5.41) is 2.66. The topological polar surface area (TPSA) is 64.6 Å². The van der Waals surface area contributed by atoms with E-state index in [0.29, 0.717) is 6.42 Å². The normalized spacial score (nSPS) is 11.5. The van der Waals surface area contributed by atoms with Crippen LogP contribution in [0.5, 0.6) is 0 Å². The van der Waals surface area contributed by atoms with Gasteiger partial charge in [0.15, 0.2) is 0 Å². The number of carbonyl (C=O) groups excluding carboxylic acids is 2. The summed E-state index contributed by atoms with van der Waals surface area (Å²) in [4.78, 5) is 22.4. The van der Waals surface area contributed by atoms with Crippen LogP contribution < -0.4 is 5.32 Å². The molecule has 1 amide bonds. The predicted octanol–water partition coefficient (Wildman–Crippen LogP) is 2.25. The smallest absolute Gasteiger partial charge is 0.407 e. The van der Waals surface area contributed by atoms with Crippen LogP contribution >= 0.6 is 0 Å². The van der Waals surface area contributed by atoms with Crippen LogP contribution in [0.4, 0.5) is 4.79 Å². The number of carbonyl (C=O) groups is 2. The maximum Gasteiger partial charge on any atom is 0.407 e. The number of ether oxygens (including phenoxy) is 2. The van der Waals surface area contributed by atoms with Crippen LogP contribution in [0.1, 0.15) is 25.3 Å². The molecule has 1 rings (SSSR count). The number of hydrogen-bond acceptors (Lipinski definition) is 4. The van der Waals surface area contributed by atoms with E-state index in [1.54, 1.807) is 0 Å². The summed E-state index contributed by atoms with van der Waals surface area (Å²) in [6.07, 6.45) is 0.310. The molecule has 0 aliphatic carbocycles. The van der Waals surface area contributed by atoms with Crippen LogP contribution in [0.25, 0.3) is 0 Å². The van der Waals surface area contributed by atoms with Crippen molar-refractivity contribution in [2.24, 2.45) is 0 Å². The molecule has 0 fully saturated rings. The second-order valence-electron chi connectivity index (χ2n) is 4.22. The standard InChI is InChI=1S/C14H19NO4/c1-11(8-9-13(16)18-2)15-14(17)19-10-12-6-4-3-5-7-12/h3-7,11H,8-10H2,1-2H3,(H,15,17)/t11-/m0/s1. The van der Waals surface area contributed by atoms with Gasteiger partial charge in [-0.3, -0.25) is 4.79 Å². The fraction of sp³-hybridized carbons (Fsp3) is 0.429. The van der Waals surface area contributed by atoms with E-state index in [-0.39, 0.29) is 25.0 Å². The first kappa shape index (κ1) is 15.0. The van der Waals surface area contributed by atoms with E-state index in [0.717, 1.165) is 5.56 Å². The molecule has 1 aromatic rings. The van der Waals surface area contributed by atoms with E-state index in [2.05, 4.69) is 10.1 Å². The van der Waals surface area contributed by atoms with Crippen LogP contribution in [0.3, 0.4) is 0 Å². The van der Waals surface area contributed by atoms with Crippen molar-refractivity contribution in [3.05, 3.63) is 35.9 Å². The van der Waals surface area contributed by atoms with Gasteiger partial charge in [-0.1, -0.05) is 30.3 Å². The molecule has 0 radical (unpaired) electrons. The first-order chi connectivity index (χ1) is 9.11. The van der Waals surface area contributed by atoms with Gasteiger partial charge in [-0.05, 0) is 18.9 Å². The maximum absolute atomic E-state index is 11.5. The maximum atomic E-state index is 11.5. The third kappa shape index (κ3) is 6.45. The Morgan fingerprint density at radius 1 is 1.26 bits per heavy atom. The monoisotopic (exact) mass is 265 g/mol. The molecule has 0 unspecified atom stereocenters. The first-order valence-corrected chi connectivity index (χ1v) is 6.16. The summed E-state index contributed by atoms with van der Waals surface area (Å²) in [5.74, 6) is -0.286. The van der Waals surface area contributed by atoms with Crippen LogP contribution in [-0.4, -0.2) is 25.2 Å². The van der Waals surface area contributed by atoms with Gasteiger partial charge in [0, 0.05) is 12.5 Å². The molecule has 0 saturated heterocycles. The zero-order valence-corrected chi connectivity index (χ0v) is 11.2. The molecular weight excluding hydrogens is 246 g/mol. The summed E-state index contributed by atoms with van der Waals surface area (Å²) in [6, 6.07) is 9.30. The molecule has 0 aliphatic heterocycles. The summed E-state index contributed by atoms with van der Waals surface area (Å²) < 4.78 is 9.59. The van der Waals surface area contributed by atoms with Crippen molar-refractivity contribution in [2.75, 3.05) is 7.11 Å². The number of alkyl carbamates (subject to hydrolysis) is 1. The summed E-state index contributed by atoms with van der Waals surface area (Å²) in [5.41, 5.74) is 0.930. The van der Waals surface area contributed by atoms with Crippen molar-refractivity contribution in [3.63, 3.8) is 0 Å². The molecule has 1 atom stereocenters. The van der Waals surface area contributed by atoms with Crippen LogP contribution in [0, 0.1) is 0 Å². The molecule has 1 aromatic carbocycles. The van der Waals surface area contributed by atoms with E-state index in [9.17, 15) is 9.59 Å². The summed E-state index contributed by atoms with van der Waals surface area (Å²) in [6.45, 7) is 2.04. The van der Waals surface area contributed by atoms with E-state index in [1.165, 1.54) is 7.11 Å². The van der Waals surface area contributed by atoms with Gasteiger partial charge in [0.05, 0.1) is 7.11 Å². The lowest BCUT2D eigenvalue weighted by Gasteiger charge is -2.13. The van der Waals surface area contributed by atoms with Gasteiger partial charge in [0.1, 0.15) is 6.61 Å². The quantitative estimate of drug-likeness (QED) is 0.801. The highest BCUT2D eigenvalue weighted by molar-refractivity contribution is 5.70. The number of esters is 1. The predicted molar refractivity (Wildman–Crippen MR) is 70.5 cm³/mol. The van der Waals surface area contributed by atoms with Crippen molar-refractivity contribution in [3.8, 4) is 0 Å². The molecule has 0 saturated carbocycles. The third-order valence-electron chi connectivity index (χ3n) is 2.59. The van der Waals surface area contributed by atoms with Gasteiger partial charge in [-0.15, -0.1) is 0 Å². The Bertz CT molecular complexity index is 405. The zero-order chi connectivity index (χ0) is 14.1. The summed E-state index contributed by atoms with van der Waals surface area (Å²) in [7, 11) is 1.34. The Morgan fingerprint density at radius 2 is 1.95 bits per heavy atom. The highest BCUT2D eigenvalue weighted by Crippen LogP contribution is 2.02. The average molecular weight is 265 g/mol. The minimum atomic E-state index is -0.485. The van der Waals surface area contributed by atoms with Gasteiger partial charge < -0.3 is 14.8 Å². The van der Waals surface area contributed by atoms with Crippen LogP contribution in [0.15, 0.2) is 30.3 Å². The molecule has 5 heteroatoms. The van der Waals surface area contributed by atoms with Crippen molar-refractivity contribution >= 4 is 12.1 Å². The van der Waals surface area contributed by atoms with Crippen LogP contribution in [0.2, 0.25) is 0 Å². The molecule has 1 N–H and O–H groups in total. The number of nitrogens with one attached hydrogen (secondary N) is 1. The van der Waals surface area contributed by atoms with E-state index in [1.807, 2.05) is 37.3 Å². The Hall–Kier alpha value is -2.04. The van der Waals surface area contributed by atoms with Gasteiger partial charge in [-0.25, -0.2) is 4.79 Å². The minimum absolute atomic E-state index is 0.137. The van der Waals surface area contributed by atoms with Gasteiger partial charge in [0.25, 0.3) is 0 Å². The zero-order valence-electron chi connectivity index (χ0n) is 11.2. The molecule has 19 heavy (non-hydrogen) atoms. The van der Waals surface area contributed by atoms with Gasteiger partial charge in [0.2, 0.25) is 0 Å². The van der Waals surface area contributed by atoms with Crippen molar-refractivity contribution < 1.29 is 19.1 Å². The number of rotatable bonds is 6. The lowest BCUT2D eigenvalue weighted by atomic mass is 10.2. The van der Waals surface area contributed by atoms with E-state index in [4.69, 9.17) is 4.74 Å². The summed E-state index contributed by atoms with van der Waals surface area (Å²) >= 11 is 0. The lowest BCUT2D eigenvalue weighted by Crippen LogP contribution is -2.33. The second kappa shape index (κ2) is 8.13. The number of hydrogen-bond donors (Lipinski definition) is 1. The first-order valence-electron chi connectivity index (χ1n) is 6.16. The minimum Gasteiger partial charge on any atom is -0.469 e. The average Bonchev–Trinajstić information content (AvgIpc) is 2.43. The molecule has 0 spiro atoms. The molecule has 0 aromatic heterocycles. The number of methoxy groups -OCH3 is 1. The number of benzene rings is 1. The lowest BCUT2D eigenvalue weighted by molar-refractivity contribution is -0.140. The highest BCUT2D eigenvalue weighted by atomic mass is 16.5. The molecular formula is C14H19NO4. The molecule has 5 nitrogen and oxygen atoms in total. The molecule has 104 valence electrons. The van der Waals surface area contributed by atoms with Crippen molar-refractivity contribution in [2.45, 2.75) is 32.4 Å². The molecule has 0 aliphatic rings. The van der Waals surface area contributed by atoms with Crippen LogP contribution in [-0.2, 0) is 20.9 Å². The van der Waals surface area contributed by atoms with E-state index >= 15 is 0 Å². The molecule has 0 bridgehead atoms. The Kier molecular flexibility index (Phi) is 6.43. The Balaban J connectivity index is 2.21. The molecule has 0 heterocycles. The fourth-order valence-corrected chi connectivity index (χ4v) is 1.47. The SMILES string of the molecule is COC(=O)CC[C@H](C)NC(=O)OCc1ccccc1. The van der Waals surface area contributed by atoms with E-state index < -0.39 is 6.09 Å². The Morgan fingerprint density at radius 3 is 2.58 bits per heavy atom. The highest BCUT2D eigenvalue weighted by Gasteiger charge is 2.10. The fourth-order valence-electron chi connectivity index (χ4n) is 1.47. The Labute approximate surface area is 112 Å². The van der Waals surface area contributed by atoms with Gasteiger partial charge >= 0.3 is 12.1 Å².